The third-order valence-electron chi connectivity index (χ3n) is 2.65. The molecule has 0 unspecified atom stereocenters. The van der Waals surface area contributed by atoms with E-state index >= 15 is 0 Å². The molecule has 5 nitrogen and oxygen atoms in total. The summed E-state index contributed by atoms with van der Waals surface area (Å²) >= 11 is 5.91. The van der Waals surface area contributed by atoms with Crippen molar-refractivity contribution in [3.8, 4) is 0 Å². The topological polar surface area (TPSA) is 78.4 Å². The van der Waals surface area contributed by atoms with Crippen LogP contribution in [0.5, 0.6) is 0 Å². The summed E-state index contributed by atoms with van der Waals surface area (Å²) in [6.07, 6.45) is 0. The SMILES string of the molecule is CNC(C)(C)C(=O)Nc1cc(C(=O)O)ccc1Cl. The molecule has 0 aliphatic heterocycles. The number of nitrogens with one attached hydrogen (secondary N) is 2. The predicted octanol–water partition coefficient (Wildman–Crippen LogP) is 1.97. The molecule has 1 aromatic carbocycles. The zero-order valence-electron chi connectivity index (χ0n) is 10.4. The summed E-state index contributed by atoms with van der Waals surface area (Å²) < 4.78 is 0. The lowest BCUT2D eigenvalue weighted by Gasteiger charge is -2.23. The fourth-order valence-corrected chi connectivity index (χ4v) is 1.31. The first-order valence-corrected chi connectivity index (χ1v) is 5.69. The van der Waals surface area contributed by atoms with Crippen molar-refractivity contribution in [2.45, 2.75) is 19.4 Å². The molecule has 0 fully saturated rings. The number of carbonyl (C=O) groups is 2. The Morgan fingerprint density at radius 2 is 1.94 bits per heavy atom. The standard InChI is InChI=1S/C12H15ClN2O3/c1-12(2,14-3)11(18)15-9-6-7(10(16)17)4-5-8(9)13/h4-6,14H,1-3H3,(H,15,18)(H,16,17). The fraction of sp³-hybridized carbons (Fsp3) is 0.333. The van der Waals surface area contributed by atoms with Crippen LogP contribution < -0.4 is 10.6 Å². The van der Waals surface area contributed by atoms with E-state index in [0.29, 0.717) is 5.02 Å². The van der Waals surface area contributed by atoms with Crippen LogP contribution in [-0.4, -0.2) is 29.6 Å². The van der Waals surface area contributed by atoms with Crippen LogP contribution in [0.1, 0.15) is 24.2 Å². The lowest BCUT2D eigenvalue weighted by molar-refractivity contribution is -0.121. The van der Waals surface area contributed by atoms with Crippen molar-refractivity contribution in [2.24, 2.45) is 0 Å². The van der Waals surface area contributed by atoms with Gasteiger partial charge in [-0.15, -0.1) is 0 Å². The first-order valence-electron chi connectivity index (χ1n) is 5.31. The number of rotatable bonds is 4. The smallest absolute Gasteiger partial charge is 0.335 e. The number of benzene rings is 1. The van der Waals surface area contributed by atoms with Gasteiger partial charge in [0.25, 0.3) is 0 Å². The normalized spacial score (nSPS) is 11.1. The lowest BCUT2D eigenvalue weighted by atomic mass is 10.0. The number of aromatic carboxylic acids is 1. The third-order valence-corrected chi connectivity index (χ3v) is 2.98. The van der Waals surface area contributed by atoms with E-state index in [0.717, 1.165) is 0 Å². The Labute approximate surface area is 110 Å². The predicted molar refractivity (Wildman–Crippen MR) is 70.2 cm³/mol. The van der Waals surface area contributed by atoms with Crippen molar-refractivity contribution >= 4 is 29.2 Å². The molecule has 0 aliphatic carbocycles. The molecule has 98 valence electrons. The molecule has 0 heterocycles. The van der Waals surface area contributed by atoms with Gasteiger partial charge < -0.3 is 15.7 Å². The molecule has 0 aromatic heterocycles. The zero-order valence-corrected chi connectivity index (χ0v) is 11.1. The van der Waals surface area contributed by atoms with Crippen LogP contribution in [0.25, 0.3) is 0 Å². The molecule has 1 rings (SSSR count). The van der Waals surface area contributed by atoms with Crippen molar-refractivity contribution in [2.75, 3.05) is 12.4 Å². The summed E-state index contributed by atoms with van der Waals surface area (Å²) in [5, 5.41) is 14.6. The highest BCUT2D eigenvalue weighted by Gasteiger charge is 2.25. The quantitative estimate of drug-likeness (QED) is 0.782. The van der Waals surface area contributed by atoms with Gasteiger partial charge in [-0.3, -0.25) is 4.79 Å². The summed E-state index contributed by atoms with van der Waals surface area (Å²) in [6, 6.07) is 4.14. The third kappa shape index (κ3) is 3.21. The van der Waals surface area contributed by atoms with Gasteiger partial charge in [-0.25, -0.2) is 4.79 Å². The summed E-state index contributed by atoms with van der Waals surface area (Å²) in [6.45, 7) is 3.41. The van der Waals surface area contributed by atoms with E-state index in [1.807, 2.05) is 0 Å². The van der Waals surface area contributed by atoms with E-state index in [-0.39, 0.29) is 17.2 Å². The molecule has 1 aromatic rings. The molecule has 0 saturated carbocycles. The molecular formula is C12H15ClN2O3. The fourth-order valence-electron chi connectivity index (χ4n) is 1.15. The highest BCUT2D eigenvalue weighted by Crippen LogP contribution is 2.24. The first-order chi connectivity index (χ1) is 8.27. The van der Waals surface area contributed by atoms with Crippen molar-refractivity contribution in [3.05, 3.63) is 28.8 Å². The van der Waals surface area contributed by atoms with Gasteiger partial charge in [-0.05, 0) is 39.1 Å². The number of hydrogen-bond acceptors (Lipinski definition) is 3. The first kappa shape index (κ1) is 14.5. The molecule has 0 atom stereocenters. The van der Waals surface area contributed by atoms with Crippen LogP contribution in [0.4, 0.5) is 5.69 Å². The monoisotopic (exact) mass is 270 g/mol. The van der Waals surface area contributed by atoms with Crippen LogP contribution in [0.3, 0.4) is 0 Å². The highest BCUT2D eigenvalue weighted by molar-refractivity contribution is 6.34. The minimum atomic E-state index is -1.07. The Morgan fingerprint density at radius 3 is 2.44 bits per heavy atom. The van der Waals surface area contributed by atoms with Gasteiger partial charge in [0.2, 0.25) is 5.91 Å². The summed E-state index contributed by atoms with van der Waals surface area (Å²) in [5.41, 5.74) is -0.426. The van der Waals surface area contributed by atoms with E-state index in [1.54, 1.807) is 20.9 Å². The van der Waals surface area contributed by atoms with Crippen LogP contribution in [0.15, 0.2) is 18.2 Å². The Balaban J connectivity index is 3.01. The summed E-state index contributed by atoms with van der Waals surface area (Å²) in [4.78, 5) is 22.8. The Kier molecular flexibility index (Phi) is 4.32. The van der Waals surface area contributed by atoms with Gasteiger partial charge >= 0.3 is 5.97 Å². The Morgan fingerprint density at radius 1 is 1.33 bits per heavy atom. The number of anilines is 1. The number of likely N-dealkylation sites (N-methyl/N-ethyl adjacent to an activating group) is 1. The molecule has 18 heavy (non-hydrogen) atoms. The highest BCUT2D eigenvalue weighted by atomic mass is 35.5. The molecule has 0 bridgehead atoms. The molecular weight excluding hydrogens is 256 g/mol. The maximum atomic E-state index is 11.9. The van der Waals surface area contributed by atoms with Gasteiger partial charge in [0, 0.05) is 0 Å². The second-order valence-electron chi connectivity index (χ2n) is 4.33. The van der Waals surface area contributed by atoms with Crippen molar-refractivity contribution in [1.82, 2.24) is 5.32 Å². The number of amides is 1. The van der Waals surface area contributed by atoms with Gasteiger partial charge in [-0.1, -0.05) is 11.6 Å². The van der Waals surface area contributed by atoms with Crippen molar-refractivity contribution in [3.63, 3.8) is 0 Å². The minimum Gasteiger partial charge on any atom is -0.478 e. The van der Waals surface area contributed by atoms with Gasteiger partial charge in [0.05, 0.1) is 21.8 Å². The van der Waals surface area contributed by atoms with E-state index in [1.165, 1.54) is 18.2 Å². The second kappa shape index (κ2) is 5.37. The molecule has 0 radical (unpaired) electrons. The molecule has 0 saturated heterocycles. The lowest BCUT2D eigenvalue weighted by Crippen LogP contribution is -2.47. The van der Waals surface area contributed by atoms with Crippen molar-refractivity contribution < 1.29 is 14.7 Å². The van der Waals surface area contributed by atoms with E-state index in [9.17, 15) is 9.59 Å². The van der Waals surface area contributed by atoms with Gasteiger partial charge in [0.15, 0.2) is 0 Å². The number of carboxylic acid groups (broad SMARTS) is 1. The average molecular weight is 271 g/mol. The summed E-state index contributed by atoms with van der Waals surface area (Å²) in [7, 11) is 1.66. The van der Waals surface area contributed by atoms with Gasteiger partial charge in [-0.2, -0.15) is 0 Å². The molecule has 6 heteroatoms. The molecule has 1 amide bonds. The van der Waals surface area contributed by atoms with Crippen LogP contribution in [0, 0.1) is 0 Å². The maximum absolute atomic E-state index is 11.9. The van der Waals surface area contributed by atoms with Crippen LogP contribution in [-0.2, 0) is 4.79 Å². The molecule has 0 spiro atoms. The maximum Gasteiger partial charge on any atom is 0.335 e. The second-order valence-corrected chi connectivity index (χ2v) is 4.74. The van der Waals surface area contributed by atoms with Crippen molar-refractivity contribution in [1.29, 1.82) is 0 Å². The molecule has 0 aliphatic rings. The Hall–Kier alpha value is -1.59. The number of halogens is 1. The van der Waals surface area contributed by atoms with Gasteiger partial charge in [0.1, 0.15) is 0 Å². The van der Waals surface area contributed by atoms with Crippen LogP contribution in [0.2, 0.25) is 5.02 Å². The zero-order chi connectivity index (χ0) is 13.9. The number of hydrogen-bond donors (Lipinski definition) is 3. The van der Waals surface area contributed by atoms with E-state index in [2.05, 4.69) is 10.6 Å². The average Bonchev–Trinajstić information content (AvgIpc) is 2.31. The number of carbonyl (C=O) groups excluding carboxylic acids is 1. The van der Waals surface area contributed by atoms with E-state index in [4.69, 9.17) is 16.7 Å². The van der Waals surface area contributed by atoms with E-state index < -0.39 is 11.5 Å². The minimum absolute atomic E-state index is 0.0666. The Bertz CT molecular complexity index is 486. The summed E-state index contributed by atoms with van der Waals surface area (Å²) in [5.74, 6) is -1.37. The molecule has 3 N–H and O–H groups in total. The van der Waals surface area contributed by atoms with Crippen LogP contribution >= 0.6 is 11.6 Å². The largest absolute Gasteiger partial charge is 0.478 e. The number of carboxylic acids is 1.